The van der Waals surface area contributed by atoms with Gasteiger partial charge in [-0.2, -0.15) is 13.2 Å². The quantitative estimate of drug-likeness (QED) is 0.397. The largest absolute Gasteiger partial charge is 0.443 e. The first kappa shape index (κ1) is 35.0. The Bertz CT molecular complexity index is 1480. The molecule has 46 heavy (non-hydrogen) atoms. The predicted molar refractivity (Wildman–Crippen MR) is 161 cm³/mol. The average molecular weight is 672 g/mol. The molecule has 1 saturated heterocycles. The van der Waals surface area contributed by atoms with Gasteiger partial charge in [0.15, 0.2) is 4.87 Å². The molecule has 2 aliphatic heterocycles. The van der Waals surface area contributed by atoms with Gasteiger partial charge in [-0.15, -0.1) is 0 Å². The van der Waals surface area contributed by atoms with Crippen molar-refractivity contribution in [3.63, 3.8) is 0 Å². The molecule has 1 aromatic carbocycles. The lowest BCUT2D eigenvalue weighted by atomic mass is 10.0. The van der Waals surface area contributed by atoms with Crippen LogP contribution in [0.3, 0.4) is 0 Å². The summed E-state index contributed by atoms with van der Waals surface area (Å²) in [5.74, 6) is -2.08. The van der Waals surface area contributed by atoms with Gasteiger partial charge in [-0.25, -0.2) is 22.9 Å². The molecule has 4 rings (SSSR count). The van der Waals surface area contributed by atoms with Gasteiger partial charge in [0.2, 0.25) is 11.8 Å². The second-order valence-corrected chi connectivity index (χ2v) is 14.8. The number of nitrogens with one attached hydrogen (secondary N) is 2. The molecule has 4 N–H and O–H groups in total. The van der Waals surface area contributed by atoms with E-state index < -0.39 is 74.2 Å². The van der Waals surface area contributed by atoms with Crippen LogP contribution in [-0.2, 0) is 30.5 Å². The van der Waals surface area contributed by atoms with Crippen LogP contribution in [0.15, 0.2) is 36.4 Å². The van der Waals surface area contributed by atoms with Crippen LogP contribution in [0.5, 0.6) is 0 Å². The van der Waals surface area contributed by atoms with E-state index in [0.29, 0.717) is 37.0 Å². The first-order valence-electron chi connectivity index (χ1n) is 15.2. The lowest BCUT2D eigenvalue weighted by Crippen LogP contribution is -2.59. The Hall–Kier alpha value is -3.82. The number of carbonyl (C=O) groups excluding carboxylic acids is 4. The number of allylic oxidation sites excluding steroid dienone is 1. The highest BCUT2D eigenvalue weighted by Gasteiger charge is 2.64. The molecular formula is C30H40F3N5O7S. The van der Waals surface area contributed by atoms with E-state index in [0.717, 1.165) is 24.3 Å². The van der Waals surface area contributed by atoms with Crippen molar-refractivity contribution in [2.75, 3.05) is 11.3 Å². The minimum absolute atomic E-state index is 0.00258. The Kier molecular flexibility index (Phi) is 10.00. The van der Waals surface area contributed by atoms with E-state index in [2.05, 4.69) is 10.0 Å². The number of fused-ring (bicyclic) bond motifs is 2. The van der Waals surface area contributed by atoms with E-state index in [1.54, 1.807) is 32.9 Å². The number of benzene rings is 1. The third kappa shape index (κ3) is 7.76. The van der Waals surface area contributed by atoms with Crippen LogP contribution in [0, 0.1) is 5.92 Å². The maximum atomic E-state index is 14.0. The van der Waals surface area contributed by atoms with Gasteiger partial charge in [0.05, 0.1) is 5.56 Å². The van der Waals surface area contributed by atoms with Gasteiger partial charge in [0.25, 0.3) is 10.0 Å². The summed E-state index contributed by atoms with van der Waals surface area (Å²) in [6.45, 7) is 4.90. The molecule has 2 heterocycles. The van der Waals surface area contributed by atoms with E-state index in [1.807, 2.05) is 0 Å². The van der Waals surface area contributed by atoms with Crippen molar-refractivity contribution in [1.82, 2.24) is 15.1 Å². The summed E-state index contributed by atoms with van der Waals surface area (Å²) < 4.78 is 74.2. The van der Waals surface area contributed by atoms with Crippen LogP contribution >= 0.6 is 0 Å². The summed E-state index contributed by atoms with van der Waals surface area (Å²) in [4.78, 5) is 53.3. The van der Waals surface area contributed by atoms with E-state index in [9.17, 15) is 40.8 Å². The number of nitrogens with two attached hydrogens (primary N) is 1. The summed E-state index contributed by atoms with van der Waals surface area (Å²) in [5, 5.41) is 2.63. The number of nitrogens with zero attached hydrogens (tertiary/aromatic N) is 2. The summed E-state index contributed by atoms with van der Waals surface area (Å²) in [6.07, 6.45) is 0.709. The minimum Gasteiger partial charge on any atom is -0.443 e. The molecule has 0 radical (unpaired) electrons. The first-order valence-corrected chi connectivity index (χ1v) is 16.6. The average Bonchev–Trinajstić information content (AvgIpc) is 3.40. The van der Waals surface area contributed by atoms with Crippen molar-refractivity contribution in [3.8, 4) is 0 Å². The maximum absolute atomic E-state index is 14.0. The molecule has 16 heteroatoms. The highest BCUT2D eigenvalue weighted by atomic mass is 32.2. The Morgan fingerprint density at radius 1 is 1.07 bits per heavy atom. The number of sulfonamides is 1. The number of rotatable bonds is 4. The molecule has 4 unspecified atom stereocenters. The van der Waals surface area contributed by atoms with E-state index in [4.69, 9.17) is 10.5 Å². The van der Waals surface area contributed by atoms with Gasteiger partial charge >= 0.3 is 18.3 Å². The molecule has 12 nitrogen and oxygen atoms in total. The number of hydrogen-bond acceptors (Lipinski definition) is 7. The fourth-order valence-electron chi connectivity index (χ4n) is 5.85. The number of imide groups is 1. The molecular weight excluding hydrogens is 631 g/mol. The van der Waals surface area contributed by atoms with E-state index in [-0.39, 0.29) is 31.5 Å². The molecule has 4 atom stereocenters. The third-order valence-corrected chi connectivity index (χ3v) is 10.3. The summed E-state index contributed by atoms with van der Waals surface area (Å²) in [5.41, 5.74) is 3.52. The Labute approximate surface area is 265 Å². The molecule has 0 spiro atoms. The number of halogens is 3. The number of primary amides is 1. The third-order valence-electron chi connectivity index (χ3n) is 8.22. The van der Waals surface area contributed by atoms with Gasteiger partial charge in [0, 0.05) is 18.2 Å². The number of alkyl halides is 3. The van der Waals surface area contributed by atoms with Crippen LogP contribution in [0.1, 0.15) is 77.7 Å². The van der Waals surface area contributed by atoms with Gasteiger partial charge in [0.1, 0.15) is 17.7 Å². The van der Waals surface area contributed by atoms with Gasteiger partial charge < -0.3 is 20.7 Å². The Balaban J connectivity index is 1.64. The first-order chi connectivity index (χ1) is 21.4. The monoisotopic (exact) mass is 671 g/mol. The second kappa shape index (κ2) is 13.1. The fraction of sp³-hybridized carbons (Fsp3) is 0.600. The van der Waals surface area contributed by atoms with Crippen LogP contribution in [0.25, 0.3) is 0 Å². The number of anilines is 1. The molecule has 5 amide bonds. The van der Waals surface area contributed by atoms with Crippen molar-refractivity contribution in [2.45, 2.75) is 101 Å². The zero-order valence-electron chi connectivity index (χ0n) is 25.9. The van der Waals surface area contributed by atoms with Crippen LogP contribution in [-0.4, -0.2) is 71.3 Å². The predicted octanol–water partition coefficient (Wildman–Crippen LogP) is 4.48. The molecule has 1 aromatic rings. The molecule has 2 fully saturated rings. The molecule has 1 aliphatic carbocycles. The van der Waals surface area contributed by atoms with Crippen molar-refractivity contribution in [3.05, 3.63) is 42.0 Å². The number of amides is 5. The molecule has 1 saturated carbocycles. The smallest absolute Gasteiger partial charge is 0.419 e. The lowest BCUT2D eigenvalue weighted by Gasteiger charge is -2.34. The number of urea groups is 1. The molecule has 0 aromatic heterocycles. The minimum atomic E-state index is -4.61. The fourth-order valence-corrected chi connectivity index (χ4v) is 7.59. The molecule has 0 bridgehead atoms. The lowest BCUT2D eigenvalue weighted by molar-refractivity contribution is -0.142. The van der Waals surface area contributed by atoms with Crippen molar-refractivity contribution in [2.24, 2.45) is 11.7 Å². The standard InChI is InChI=1S/C30H40F3N5O7S/c1-28(2,3)45-27(42)38(26(34)41)23-11-8-6-4-5-7-10-20-18-29(20,35-24(39)22-12-9-17-37(22)25(23)40)46(43,44)36-21-15-13-19(14-16-21)30(31,32)33/h7,10,13-16,20,22-23,36H,4-6,8-9,11-12,17-18H2,1-3H3,(H2,34,41)(H,35,39)/b10-7-. The van der Waals surface area contributed by atoms with Crippen molar-refractivity contribution >= 4 is 39.6 Å². The maximum Gasteiger partial charge on any atom is 0.419 e. The number of hydrogen-bond donors (Lipinski definition) is 3. The highest BCUT2D eigenvalue weighted by Crippen LogP contribution is 2.50. The second-order valence-electron chi connectivity index (χ2n) is 12.8. The summed E-state index contributed by atoms with van der Waals surface area (Å²) in [6, 6.07) is -0.170. The van der Waals surface area contributed by atoms with Gasteiger partial charge in [-0.05, 0) is 83.6 Å². The Morgan fingerprint density at radius 3 is 2.35 bits per heavy atom. The number of carbonyl (C=O) groups is 4. The van der Waals surface area contributed by atoms with Crippen LogP contribution in [0.2, 0.25) is 0 Å². The zero-order valence-corrected chi connectivity index (χ0v) is 26.7. The SMILES string of the molecule is CC(C)(C)OC(=O)N(C(N)=O)C1CCCCC/C=C\C2CC2(S(=O)(=O)Nc2ccc(C(F)(F)F)cc2)NC(=O)C2CCCN2C1=O. The molecule has 254 valence electrons. The van der Waals surface area contributed by atoms with Crippen LogP contribution < -0.4 is 15.8 Å². The van der Waals surface area contributed by atoms with Crippen molar-refractivity contribution in [1.29, 1.82) is 0 Å². The van der Waals surface area contributed by atoms with E-state index >= 15 is 0 Å². The summed E-state index contributed by atoms with van der Waals surface area (Å²) >= 11 is 0. The van der Waals surface area contributed by atoms with E-state index in [1.165, 1.54) is 4.90 Å². The highest BCUT2D eigenvalue weighted by molar-refractivity contribution is 7.94. The van der Waals surface area contributed by atoms with Crippen molar-refractivity contribution < 1.29 is 45.5 Å². The molecule has 3 aliphatic rings. The topological polar surface area (TPSA) is 168 Å². The Morgan fingerprint density at radius 2 is 1.74 bits per heavy atom. The summed E-state index contributed by atoms with van der Waals surface area (Å²) in [7, 11) is -4.41. The van der Waals surface area contributed by atoms with Crippen LogP contribution in [0.4, 0.5) is 28.4 Å². The number of ether oxygens (including phenoxy) is 1. The zero-order chi connectivity index (χ0) is 34.1. The normalized spacial score (nSPS) is 26.8. The van der Waals surface area contributed by atoms with Gasteiger partial charge in [-0.3, -0.25) is 14.3 Å². The van der Waals surface area contributed by atoms with Gasteiger partial charge in [-0.1, -0.05) is 25.0 Å².